The van der Waals surface area contributed by atoms with E-state index in [2.05, 4.69) is 17.1 Å². The number of para-hydroxylation sites is 1. The van der Waals surface area contributed by atoms with Gasteiger partial charge < -0.3 is 4.74 Å². The van der Waals surface area contributed by atoms with Gasteiger partial charge in [0.15, 0.2) is 0 Å². The van der Waals surface area contributed by atoms with Crippen molar-refractivity contribution in [2.45, 2.75) is 20.8 Å². The van der Waals surface area contributed by atoms with E-state index in [1.165, 1.54) is 0 Å². The van der Waals surface area contributed by atoms with Gasteiger partial charge in [0.1, 0.15) is 5.75 Å². The second-order valence-corrected chi connectivity index (χ2v) is 4.01. The summed E-state index contributed by atoms with van der Waals surface area (Å²) in [5.74, 6) is 0.920. The van der Waals surface area contributed by atoms with Gasteiger partial charge in [0.2, 0.25) is 0 Å². The van der Waals surface area contributed by atoms with Crippen molar-refractivity contribution in [1.29, 1.82) is 0 Å². The van der Waals surface area contributed by atoms with E-state index in [1.807, 2.05) is 45.0 Å². The fourth-order valence-electron chi connectivity index (χ4n) is 1.94. The Kier molecular flexibility index (Phi) is 5.66. The van der Waals surface area contributed by atoms with Gasteiger partial charge in [0, 0.05) is 22.5 Å². The average Bonchev–Trinajstić information content (AvgIpc) is 2.31. The van der Waals surface area contributed by atoms with E-state index in [4.69, 9.17) is 4.74 Å². The van der Waals surface area contributed by atoms with Crippen LogP contribution >= 0.6 is 0 Å². The quantitative estimate of drug-likeness (QED) is 0.797. The first-order valence-electron chi connectivity index (χ1n) is 5.89. The zero-order valence-electron chi connectivity index (χ0n) is 11.1. The van der Waals surface area contributed by atoms with Crippen LogP contribution in [0.4, 0.5) is 0 Å². The molecule has 0 bridgehead atoms. The number of aryl methyl sites for hydroxylation is 2. The van der Waals surface area contributed by atoms with Gasteiger partial charge in [-0.05, 0) is 32.9 Å². The van der Waals surface area contributed by atoms with E-state index >= 15 is 0 Å². The first-order chi connectivity index (χ1) is 8.22. The molecule has 0 spiro atoms. The summed E-state index contributed by atoms with van der Waals surface area (Å²) in [4.78, 5) is 4.50. The minimum absolute atomic E-state index is 0. The van der Waals surface area contributed by atoms with Crippen LogP contribution < -0.4 is 4.74 Å². The fraction of sp³-hybridized carbons (Fsp3) is 0.267. The van der Waals surface area contributed by atoms with Crippen molar-refractivity contribution in [3.05, 3.63) is 47.8 Å². The van der Waals surface area contributed by atoms with Crippen LogP contribution in [-0.4, -0.2) is 35.5 Å². The average molecular weight is 347 g/mol. The van der Waals surface area contributed by atoms with Crippen molar-refractivity contribution in [3.63, 3.8) is 0 Å². The predicted molar refractivity (Wildman–Crippen MR) is 77.5 cm³/mol. The molecule has 18 heavy (non-hydrogen) atoms. The monoisotopic (exact) mass is 348 g/mol. The van der Waals surface area contributed by atoms with Crippen molar-refractivity contribution in [1.82, 2.24) is 4.98 Å². The van der Waals surface area contributed by atoms with Crippen LogP contribution in [0.5, 0.6) is 5.75 Å². The SMILES string of the molecule is CCOc1ccccc1-c1ccc(C)nc1C.[SnH]. The van der Waals surface area contributed by atoms with Gasteiger partial charge in [-0.2, -0.15) is 0 Å². The van der Waals surface area contributed by atoms with E-state index in [1.54, 1.807) is 0 Å². The van der Waals surface area contributed by atoms with Gasteiger partial charge in [-0.15, -0.1) is 0 Å². The molecule has 2 nitrogen and oxygen atoms in total. The Bertz CT molecular complexity index is 526. The maximum atomic E-state index is 5.65. The van der Waals surface area contributed by atoms with Crippen LogP contribution in [0.25, 0.3) is 11.1 Å². The third-order valence-electron chi connectivity index (χ3n) is 2.70. The van der Waals surface area contributed by atoms with E-state index < -0.39 is 0 Å². The minimum atomic E-state index is 0. The van der Waals surface area contributed by atoms with Crippen LogP contribution in [0.2, 0.25) is 0 Å². The molecule has 0 aliphatic heterocycles. The number of rotatable bonds is 3. The van der Waals surface area contributed by atoms with Gasteiger partial charge in [0.25, 0.3) is 0 Å². The second kappa shape index (κ2) is 6.78. The predicted octanol–water partition coefficient (Wildman–Crippen LogP) is 3.12. The normalized spacial score (nSPS) is 9.72. The van der Waals surface area contributed by atoms with Gasteiger partial charge >= 0.3 is 23.9 Å². The van der Waals surface area contributed by atoms with Crippen molar-refractivity contribution in [2.75, 3.05) is 6.61 Å². The van der Waals surface area contributed by atoms with Crippen molar-refractivity contribution < 1.29 is 4.74 Å². The summed E-state index contributed by atoms with van der Waals surface area (Å²) >= 11 is 0. The number of pyridine rings is 1. The van der Waals surface area contributed by atoms with Crippen LogP contribution in [0.15, 0.2) is 36.4 Å². The Balaban J connectivity index is 0.00000162. The van der Waals surface area contributed by atoms with E-state index in [0.29, 0.717) is 6.61 Å². The molecule has 0 fully saturated rings. The number of nitrogens with zero attached hydrogens (tertiary/aromatic N) is 1. The Morgan fingerprint density at radius 2 is 1.72 bits per heavy atom. The molecule has 0 saturated heterocycles. The topological polar surface area (TPSA) is 22.1 Å². The van der Waals surface area contributed by atoms with Crippen LogP contribution in [0.3, 0.4) is 0 Å². The Hall–Kier alpha value is -1.03. The molecule has 93 valence electrons. The molecule has 2 aromatic rings. The maximum absolute atomic E-state index is 5.65. The van der Waals surface area contributed by atoms with Gasteiger partial charge in [-0.25, -0.2) is 0 Å². The number of ether oxygens (including phenoxy) is 1. The number of hydrogen-bond acceptors (Lipinski definition) is 2. The van der Waals surface area contributed by atoms with Crippen molar-refractivity contribution >= 4 is 23.9 Å². The zero-order valence-corrected chi connectivity index (χ0v) is 14.4. The molecule has 0 N–H and O–H groups in total. The molecule has 1 aromatic heterocycles. The standard InChI is InChI=1S/C15H17NO.Sn.H/c1-4-17-15-8-6-5-7-14(15)13-10-9-11(2)16-12(13)3;;/h5-10H,4H2,1-3H3;;. The van der Waals surface area contributed by atoms with E-state index in [0.717, 1.165) is 28.3 Å². The van der Waals surface area contributed by atoms with E-state index in [-0.39, 0.29) is 23.9 Å². The molecule has 3 radical (unpaired) electrons. The molecule has 0 unspecified atom stereocenters. The Morgan fingerprint density at radius 3 is 2.39 bits per heavy atom. The molecule has 0 saturated carbocycles. The van der Waals surface area contributed by atoms with Gasteiger partial charge in [0.05, 0.1) is 6.61 Å². The number of aromatic nitrogens is 1. The van der Waals surface area contributed by atoms with Crippen molar-refractivity contribution in [3.8, 4) is 16.9 Å². The third kappa shape index (κ3) is 3.25. The van der Waals surface area contributed by atoms with Crippen LogP contribution in [-0.2, 0) is 0 Å². The first kappa shape index (κ1) is 15.0. The molecule has 0 aliphatic rings. The third-order valence-corrected chi connectivity index (χ3v) is 2.70. The Labute approximate surface area is 125 Å². The second-order valence-electron chi connectivity index (χ2n) is 4.01. The molecule has 1 heterocycles. The van der Waals surface area contributed by atoms with Gasteiger partial charge in [-0.3, -0.25) is 4.98 Å². The summed E-state index contributed by atoms with van der Waals surface area (Å²) in [5, 5.41) is 0. The van der Waals surface area contributed by atoms with Gasteiger partial charge in [-0.1, -0.05) is 24.3 Å². The number of benzene rings is 1. The summed E-state index contributed by atoms with van der Waals surface area (Å²) in [5.41, 5.74) is 4.33. The summed E-state index contributed by atoms with van der Waals surface area (Å²) in [7, 11) is 0. The molecule has 2 rings (SSSR count). The van der Waals surface area contributed by atoms with Crippen molar-refractivity contribution in [2.24, 2.45) is 0 Å². The summed E-state index contributed by atoms with van der Waals surface area (Å²) < 4.78 is 5.65. The van der Waals surface area contributed by atoms with Crippen LogP contribution in [0.1, 0.15) is 18.3 Å². The summed E-state index contributed by atoms with van der Waals surface area (Å²) in [6.07, 6.45) is 0. The first-order valence-corrected chi connectivity index (χ1v) is 5.89. The molecular weight excluding hydrogens is 329 g/mol. The number of hydrogen-bond donors (Lipinski definition) is 0. The molecule has 0 aliphatic carbocycles. The molecule has 3 heteroatoms. The molecule has 0 amide bonds. The molecular formula is C15H18NOSn. The van der Waals surface area contributed by atoms with E-state index in [9.17, 15) is 0 Å². The Morgan fingerprint density at radius 1 is 1.00 bits per heavy atom. The fourth-order valence-corrected chi connectivity index (χ4v) is 1.94. The summed E-state index contributed by atoms with van der Waals surface area (Å²) in [6, 6.07) is 12.2. The molecule has 0 atom stereocenters. The molecule has 1 aromatic carbocycles. The van der Waals surface area contributed by atoms with Crippen LogP contribution in [0, 0.1) is 13.8 Å². The summed E-state index contributed by atoms with van der Waals surface area (Å²) in [6.45, 7) is 6.71. The zero-order chi connectivity index (χ0) is 12.3.